The van der Waals surface area contributed by atoms with Gasteiger partial charge in [-0.2, -0.15) is 4.80 Å². The van der Waals surface area contributed by atoms with Crippen molar-refractivity contribution in [3.05, 3.63) is 18.0 Å². The van der Waals surface area contributed by atoms with Gasteiger partial charge < -0.3 is 5.11 Å². The van der Waals surface area contributed by atoms with Crippen LogP contribution in [0.25, 0.3) is 0 Å². The van der Waals surface area contributed by atoms with Crippen molar-refractivity contribution < 1.29 is 14.3 Å². The van der Waals surface area contributed by atoms with Crippen LogP contribution in [-0.4, -0.2) is 43.4 Å². The van der Waals surface area contributed by atoms with Crippen LogP contribution < -0.4 is 0 Å². The number of fused-ring (bicyclic) bond motifs is 5. The summed E-state index contributed by atoms with van der Waals surface area (Å²) in [6.07, 6.45) is 11.0. The zero-order chi connectivity index (χ0) is 20.2. The first kappa shape index (κ1) is 19.3. The number of rotatable bonds is 4. The van der Waals surface area contributed by atoms with Gasteiger partial charge in [0, 0.05) is 5.92 Å². The van der Waals surface area contributed by atoms with Crippen LogP contribution in [0.3, 0.4) is 0 Å². The van der Waals surface area contributed by atoms with Crippen LogP contribution in [0.4, 0.5) is 4.39 Å². The molecule has 1 N–H and O–H groups in total. The van der Waals surface area contributed by atoms with E-state index in [0.29, 0.717) is 36.5 Å². The van der Waals surface area contributed by atoms with Crippen LogP contribution in [0.1, 0.15) is 58.3 Å². The molecular formula is C22H31FN4O2. The molecule has 2 unspecified atom stereocenters. The standard InChI is InChI=1S/C22H31FN4O2/c1-21-8-6-16-15-7-9-22(29,12-23)10-14(15)2-3-17(16)18(21)4-5-19(21)20(28)11-27-25-13-24-26-27/h2,13,15-19,29H,3-12H2,1H3/t15?,16-,17?,18+,19-,21+,22-/m1/s1. The summed E-state index contributed by atoms with van der Waals surface area (Å²) in [5.41, 5.74) is 0.209. The Bertz CT molecular complexity index is 812. The van der Waals surface area contributed by atoms with Crippen molar-refractivity contribution >= 4 is 5.78 Å². The number of halogens is 1. The normalized spacial score (nSPS) is 43.8. The molecule has 0 aliphatic heterocycles. The molecule has 0 aromatic carbocycles. The summed E-state index contributed by atoms with van der Waals surface area (Å²) in [7, 11) is 0. The van der Waals surface area contributed by atoms with E-state index < -0.39 is 12.3 Å². The van der Waals surface area contributed by atoms with Crippen LogP contribution in [0, 0.1) is 35.0 Å². The van der Waals surface area contributed by atoms with E-state index in [4.69, 9.17) is 0 Å². The molecule has 3 fully saturated rings. The lowest BCUT2D eigenvalue weighted by atomic mass is 9.51. The Kier molecular flexibility index (Phi) is 4.64. The molecular weight excluding hydrogens is 371 g/mol. The maximum Gasteiger partial charge on any atom is 0.162 e. The largest absolute Gasteiger partial charge is 0.387 e. The fourth-order valence-electron chi connectivity index (χ4n) is 7.52. The quantitative estimate of drug-likeness (QED) is 0.783. The molecule has 0 bridgehead atoms. The summed E-state index contributed by atoms with van der Waals surface area (Å²) in [6.45, 7) is 1.91. The molecule has 29 heavy (non-hydrogen) atoms. The summed E-state index contributed by atoms with van der Waals surface area (Å²) in [4.78, 5) is 14.5. The minimum atomic E-state index is -1.14. The predicted octanol–water partition coefficient (Wildman–Crippen LogP) is 3.13. The summed E-state index contributed by atoms with van der Waals surface area (Å²) in [5.74, 6) is 2.62. The van der Waals surface area contributed by atoms with E-state index in [2.05, 4.69) is 28.4 Å². The van der Waals surface area contributed by atoms with Gasteiger partial charge in [-0.05, 0) is 85.7 Å². The van der Waals surface area contributed by atoms with Gasteiger partial charge >= 0.3 is 0 Å². The highest BCUT2D eigenvalue weighted by atomic mass is 19.1. The number of tetrazole rings is 1. The molecule has 7 heteroatoms. The molecule has 7 atom stereocenters. The zero-order valence-corrected chi connectivity index (χ0v) is 17.1. The number of aliphatic hydroxyl groups is 1. The highest BCUT2D eigenvalue weighted by Crippen LogP contribution is 2.63. The zero-order valence-electron chi connectivity index (χ0n) is 17.1. The number of ketones is 1. The van der Waals surface area contributed by atoms with Crippen molar-refractivity contribution in [3.63, 3.8) is 0 Å². The van der Waals surface area contributed by atoms with E-state index in [1.807, 2.05) is 0 Å². The minimum Gasteiger partial charge on any atom is -0.387 e. The van der Waals surface area contributed by atoms with E-state index in [1.54, 1.807) is 0 Å². The molecule has 0 radical (unpaired) electrons. The van der Waals surface area contributed by atoms with Gasteiger partial charge in [0.25, 0.3) is 0 Å². The number of aromatic nitrogens is 4. The molecule has 5 rings (SSSR count). The highest BCUT2D eigenvalue weighted by Gasteiger charge is 2.57. The van der Waals surface area contributed by atoms with Crippen LogP contribution in [-0.2, 0) is 11.3 Å². The molecule has 4 aliphatic carbocycles. The van der Waals surface area contributed by atoms with Crippen LogP contribution in [0.5, 0.6) is 0 Å². The number of alkyl halides is 1. The molecule has 1 aromatic rings. The Morgan fingerprint density at radius 2 is 2.14 bits per heavy atom. The third-order valence-electron chi connectivity index (χ3n) is 8.92. The average molecular weight is 403 g/mol. The molecule has 1 heterocycles. The highest BCUT2D eigenvalue weighted by molar-refractivity contribution is 5.81. The maximum atomic E-state index is 13.3. The van der Waals surface area contributed by atoms with Gasteiger partial charge in [0.05, 0.1) is 5.60 Å². The molecule has 3 saturated carbocycles. The average Bonchev–Trinajstić information content (AvgIpc) is 3.34. The fraction of sp³-hybridized carbons (Fsp3) is 0.818. The van der Waals surface area contributed by atoms with Gasteiger partial charge in [-0.25, -0.2) is 4.39 Å². The molecule has 1 aromatic heterocycles. The van der Waals surface area contributed by atoms with E-state index in [9.17, 15) is 14.3 Å². The van der Waals surface area contributed by atoms with Crippen LogP contribution in [0.2, 0.25) is 0 Å². The number of carbonyl (C=O) groups excluding carboxylic acids is 1. The molecule has 0 amide bonds. The van der Waals surface area contributed by atoms with Gasteiger partial charge in [-0.3, -0.25) is 4.79 Å². The first-order valence-corrected chi connectivity index (χ1v) is 11.1. The third-order valence-corrected chi connectivity index (χ3v) is 8.92. The van der Waals surface area contributed by atoms with Crippen LogP contribution >= 0.6 is 0 Å². The number of hydrogen-bond donors (Lipinski definition) is 1. The lowest BCUT2D eigenvalue weighted by molar-refractivity contribution is -0.130. The SMILES string of the molecule is C[C@]12CC[C@@H]3C4CC[C@](O)(CF)CC4=CCC3[C@@H]1CC[C@@H]2C(=O)Cn1ncnn1. The lowest BCUT2D eigenvalue weighted by Crippen LogP contribution is -2.49. The second kappa shape index (κ2) is 6.96. The summed E-state index contributed by atoms with van der Waals surface area (Å²) in [5, 5.41) is 22.0. The molecule has 6 nitrogen and oxygen atoms in total. The maximum absolute atomic E-state index is 13.3. The van der Waals surface area contributed by atoms with Crippen molar-refractivity contribution in [2.45, 2.75) is 70.4 Å². The van der Waals surface area contributed by atoms with Gasteiger partial charge in [-0.1, -0.05) is 18.6 Å². The van der Waals surface area contributed by atoms with E-state index in [0.717, 1.165) is 38.5 Å². The van der Waals surface area contributed by atoms with Crippen LogP contribution in [0.15, 0.2) is 18.0 Å². The minimum absolute atomic E-state index is 0.0541. The molecule has 158 valence electrons. The summed E-state index contributed by atoms with van der Waals surface area (Å²) < 4.78 is 13.3. The third kappa shape index (κ3) is 3.07. The van der Waals surface area contributed by atoms with Gasteiger partial charge in [0.1, 0.15) is 13.2 Å². The van der Waals surface area contributed by atoms with Gasteiger partial charge in [0.15, 0.2) is 12.1 Å². The van der Waals surface area contributed by atoms with Crippen molar-refractivity contribution in [3.8, 4) is 0 Å². The van der Waals surface area contributed by atoms with Gasteiger partial charge in [0.2, 0.25) is 0 Å². The van der Waals surface area contributed by atoms with E-state index in [1.165, 1.54) is 16.7 Å². The fourth-order valence-corrected chi connectivity index (χ4v) is 7.52. The number of Topliss-reactive ketones (excluding diaryl/α,β-unsaturated/α-hetero) is 1. The lowest BCUT2D eigenvalue weighted by Gasteiger charge is -2.54. The first-order valence-electron chi connectivity index (χ1n) is 11.1. The number of carbonyl (C=O) groups is 1. The number of allylic oxidation sites excluding steroid dienone is 1. The van der Waals surface area contributed by atoms with Gasteiger partial charge in [-0.15, -0.1) is 10.2 Å². The second-order valence-corrected chi connectivity index (χ2v) is 10.2. The molecule has 0 saturated heterocycles. The smallest absolute Gasteiger partial charge is 0.162 e. The van der Waals surface area contributed by atoms with Crippen molar-refractivity contribution in [2.24, 2.45) is 35.0 Å². The monoisotopic (exact) mass is 402 g/mol. The Morgan fingerprint density at radius 1 is 1.28 bits per heavy atom. The second-order valence-electron chi connectivity index (χ2n) is 10.2. The summed E-state index contributed by atoms with van der Waals surface area (Å²) >= 11 is 0. The van der Waals surface area contributed by atoms with Crippen molar-refractivity contribution in [2.75, 3.05) is 6.67 Å². The Labute approximate surface area is 170 Å². The topological polar surface area (TPSA) is 80.9 Å². The first-order chi connectivity index (χ1) is 13.9. The Balaban J connectivity index is 1.34. The Morgan fingerprint density at radius 3 is 2.90 bits per heavy atom. The van der Waals surface area contributed by atoms with E-state index in [-0.39, 0.29) is 23.7 Å². The summed E-state index contributed by atoms with van der Waals surface area (Å²) in [6, 6.07) is 0. The predicted molar refractivity (Wildman–Crippen MR) is 104 cm³/mol. The Hall–Kier alpha value is -1.63. The van der Waals surface area contributed by atoms with Crippen molar-refractivity contribution in [1.82, 2.24) is 20.2 Å². The van der Waals surface area contributed by atoms with E-state index >= 15 is 0 Å². The molecule has 0 spiro atoms. The number of hydrogen-bond acceptors (Lipinski definition) is 5. The molecule has 4 aliphatic rings. The number of nitrogens with zero attached hydrogens (tertiary/aromatic N) is 4. The van der Waals surface area contributed by atoms with Crippen molar-refractivity contribution in [1.29, 1.82) is 0 Å².